The van der Waals surface area contributed by atoms with Crippen molar-refractivity contribution in [3.05, 3.63) is 0 Å². The molecule has 0 aliphatic carbocycles. The second-order valence-electron chi connectivity index (χ2n) is 2.24. The van der Waals surface area contributed by atoms with Crippen molar-refractivity contribution in [2.24, 2.45) is 0 Å². The summed E-state index contributed by atoms with van der Waals surface area (Å²) in [7, 11) is 0. The van der Waals surface area contributed by atoms with Crippen LogP contribution in [0.2, 0.25) is 0 Å². The van der Waals surface area contributed by atoms with Crippen LogP contribution >= 0.6 is 24.0 Å². The summed E-state index contributed by atoms with van der Waals surface area (Å²) in [5.74, 6) is 1.10. The Labute approximate surface area is 78.9 Å². The zero-order valence-electron chi connectivity index (χ0n) is 7.26. The molecule has 0 N–H and O–H groups in total. The van der Waals surface area contributed by atoms with Gasteiger partial charge in [-0.05, 0) is 25.6 Å². The minimum atomic E-state index is 0.694. The maximum absolute atomic E-state index is 5.12. The predicted octanol–water partition coefficient (Wildman–Crippen LogP) is 3.23. The lowest BCUT2D eigenvalue weighted by Gasteiger charge is -2.02. The fraction of sp³-hybridized carbons (Fsp3) is 0.875. The molecule has 3 heteroatoms. The van der Waals surface area contributed by atoms with Gasteiger partial charge < -0.3 is 4.74 Å². The zero-order valence-corrected chi connectivity index (χ0v) is 8.89. The molecule has 0 bridgehead atoms. The van der Waals surface area contributed by atoms with Gasteiger partial charge in [0.1, 0.15) is 0 Å². The molecule has 0 saturated heterocycles. The molecule has 0 rings (SSSR count). The highest BCUT2D eigenvalue weighted by Gasteiger charge is 1.95. The van der Waals surface area contributed by atoms with E-state index in [1.165, 1.54) is 19.3 Å². The number of thioether (sulfide) groups is 1. The summed E-state index contributed by atoms with van der Waals surface area (Å²) in [6.45, 7) is 4.85. The fourth-order valence-corrected chi connectivity index (χ4v) is 1.75. The van der Waals surface area contributed by atoms with Crippen LogP contribution in [-0.4, -0.2) is 16.7 Å². The van der Waals surface area contributed by atoms with Crippen molar-refractivity contribution in [3.63, 3.8) is 0 Å². The van der Waals surface area contributed by atoms with E-state index in [1.807, 2.05) is 6.92 Å². The molecule has 0 amide bonds. The van der Waals surface area contributed by atoms with Crippen LogP contribution in [0.15, 0.2) is 0 Å². The Balaban J connectivity index is 3.04. The highest BCUT2D eigenvalue weighted by atomic mass is 32.2. The van der Waals surface area contributed by atoms with Crippen LogP contribution in [0.4, 0.5) is 0 Å². The Morgan fingerprint density at radius 1 is 1.36 bits per heavy atom. The van der Waals surface area contributed by atoms with Gasteiger partial charge in [-0.1, -0.05) is 31.5 Å². The van der Waals surface area contributed by atoms with Gasteiger partial charge in [0, 0.05) is 5.75 Å². The Bertz CT molecular complexity index is 104. The monoisotopic (exact) mass is 192 g/mol. The molecule has 66 valence electrons. The van der Waals surface area contributed by atoms with Crippen LogP contribution < -0.4 is 0 Å². The molecular formula is C8H16OS2. The molecule has 1 nitrogen and oxygen atoms in total. The number of ether oxygens (including phenoxy) is 1. The van der Waals surface area contributed by atoms with Crippen molar-refractivity contribution in [3.8, 4) is 0 Å². The number of unbranched alkanes of at least 4 members (excludes halogenated alkanes) is 2. The first-order valence-corrected chi connectivity index (χ1v) is 5.50. The SMILES string of the molecule is CCCCCSC(=S)OCC. The summed E-state index contributed by atoms with van der Waals surface area (Å²) in [6, 6.07) is 0. The fourth-order valence-electron chi connectivity index (χ4n) is 0.667. The number of hydrogen-bond acceptors (Lipinski definition) is 3. The zero-order chi connectivity index (χ0) is 8.53. The van der Waals surface area contributed by atoms with E-state index >= 15 is 0 Å². The van der Waals surface area contributed by atoms with E-state index in [0.29, 0.717) is 11.0 Å². The molecule has 0 atom stereocenters. The topological polar surface area (TPSA) is 9.23 Å². The number of rotatable bonds is 5. The molecule has 0 aromatic carbocycles. The van der Waals surface area contributed by atoms with Gasteiger partial charge in [0.05, 0.1) is 6.61 Å². The van der Waals surface area contributed by atoms with Gasteiger partial charge >= 0.3 is 0 Å². The Kier molecular flexibility index (Phi) is 8.52. The van der Waals surface area contributed by atoms with E-state index in [4.69, 9.17) is 17.0 Å². The van der Waals surface area contributed by atoms with Crippen molar-refractivity contribution in [1.82, 2.24) is 0 Å². The molecule has 0 unspecified atom stereocenters. The van der Waals surface area contributed by atoms with Crippen molar-refractivity contribution >= 4 is 28.4 Å². The summed E-state index contributed by atoms with van der Waals surface area (Å²) in [5, 5.41) is 0. The highest BCUT2D eigenvalue weighted by Crippen LogP contribution is 2.09. The minimum Gasteiger partial charge on any atom is -0.479 e. The van der Waals surface area contributed by atoms with Gasteiger partial charge in [-0.15, -0.1) is 0 Å². The lowest BCUT2D eigenvalue weighted by atomic mass is 10.3. The van der Waals surface area contributed by atoms with Crippen LogP contribution in [0.5, 0.6) is 0 Å². The molecule has 0 heterocycles. The summed E-state index contributed by atoms with van der Waals surface area (Å²) < 4.78 is 5.81. The standard InChI is InChI=1S/C8H16OS2/c1-3-5-6-7-11-8(10)9-4-2/h3-7H2,1-2H3. The van der Waals surface area contributed by atoms with Crippen molar-refractivity contribution < 1.29 is 4.74 Å². The number of hydrogen-bond donors (Lipinski definition) is 0. The average Bonchev–Trinajstić information content (AvgIpc) is 1.99. The molecule has 0 saturated carbocycles. The smallest absolute Gasteiger partial charge is 0.219 e. The summed E-state index contributed by atoms with van der Waals surface area (Å²) in [6.07, 6.45) is 3.80. The first kappa shape index (κ1) is 11.2. The lowest BCUT2D eigenvalue weighted by molar-refractivity contribution is 0.346. The second-order valence-corrected chi connectivity index (χ2v) is 3.94. The van der Waals surface area contributed by atoms with Crippen LogP contribution in [0.3, 0.4) is 0 Å². The predicted molar refractivity (Wildman–Crippen MR) is 56.2 cm³/mol. The first-order valence-electron chi connectivity index (χ1n) is 4.10. The largest absolute Gasteiger partial charge is 0.479 e. The molecule has 0 spiro atoms. The molecule has 0 aliphatic rings. The molecule has 0 fully saturated rings. The van der Waals surface area contributed by atoms with E-state index in [9.17, 15) is 0 Å². The maximum atomic E-state index is 5.12. The van der Waals surface area contributed by atoms with Gasteiger partial charge in [-0.25, -0.2) is 0 Å². The number of thiocarbonyl (C=S) groups is 1. The van der Waals surface area contributed by atoms with E-state index in [2.05, 4.69) is 6.92 Å². The first-order chi connectivity index (χ1) is 5.31. The van der Waals surface area contributed by atoms with Gasteiger partial charge in [0.25, 0.3) is 0 Å². The van der Waals surface area contributed by atoms with Crippen molar-refractivity contribution in [2.75, 3.05) is 12.4 Å². The normalized spacial score (nSPS) is 9.64. The highest BCUT2D eigenvalue weighted by molar-refractivity contribution is 8.22. The molecule has 11 heavy (non-hydrogen) atoms. The van der Waals surface area contributed by atoms with E-state index in [0.717, 1.165) is 5.75 Å². The van der Waals surface area contributed by atoms with Gasteiger partial charge in [0.15, 0.2) is 0 Å². The van der Waals surface area contributed by atoms with Crippen molar-refractivity contribution in [2.45, 2.75) is 33.1 Å². The molecule has 0 aromatic heterocycles. The molecule has 0 radical (unpaired) electrons. The molecule has 0 aliphatic heterocycles. The minimum absolute atomic E-state index is 0.694. The lowest BCUT2D eigenvalue weighted by Crippen LogP contribution is -1.96. The average molecular weight is 192 g/mol. The van der Waals surface area contributed by atoms with E-state index in [1.54, 1.807) is 11.8 Å². The van der Waals surface area contributed by atoms with Gasteiger partial charge in [-0.2, -0.15) is 0 Å². The van der Waals surface area contributed by atoms with E-state index in [-0.39, 0.29) is 0 Å². The summed E-state index contributed by atoms with van der Waals surface area (Å²) in [4.78, 5) is 0. The third-order valence-corrected chi connectivity index (χ3v) is 2.55. The third-order valence-electron chi connectivity index (χ3n) is 1.23. The summed E-state index contributed by atoms with van der Waals surface area (Å²) in [5.41, 5.74) is 0. The van der Waals surface area contributed by atoms with Crippen LogP contribution in [0.1, 0.15) is 33.1 Å². The third kappa shape index (κ3) is 8.14. The Hall–Kier alpha value is 0.240. The van der Waals surface area contributed by atoms with E-state index < -0.39 is 0 Å². The van der Waals surface area contributed by atoms with Crippen LogP contribution in [0, 0.1) is 0 Å². The van der Waals surface area contributed by atoms with Gasteiger partial charge in [-0.3, -0.25) is 0 Å². The Morgan fingerprint density at radius 3 is 2.64 bits per heavy atom. The van der Waals surface area contributed by atoms with Crippen LogP contribution in [-0.2, 0) is 4.74 Å². The van der Waals surface area contributed by atoms with Crippen molar-refractivity contribution in [1.29, 1.82) is 0 Å². The maximum Gasteiger partial charge on any atom is 0.219 e. The van der Waals surface area contributed by atoms with Gasteiger partial charge in [0.2, 0.25) is 4.38 Å². The molecular weight excluding hydrogens is 176 g/mol. The second kappa shape index (κ2) is 8.34. The summed E-state index contributed by atoms with van der Waals surface area (Å²) >= 11 is 6.59. The van der Waals surface area contributed by atoms with Crippen LogP contribution in [0.25, 0.3) is 0 Å². The quantitative estimate of drug-likeness (QED) is 0.489. The Morgan fingerprint density at radius 2 is 2.09 bits per heavy atom. The molecule has 0 aromatic rings.